The molecule has 148 valence electrons. The molecule has 28 heavy (non-hydrogen) atoms. The third kappa shape index (κ3) is 5.87. The molecule has 1 fully saturated rings. The van der Waals surface area contributed by atoms with Gasteiger partial charge in [-0.25, -0.2) is 4.79 Å². The second kappa shape index (κ2) is 10.5. The van der Waals surface area contributed by atoms with Gasteiger partial charge in [0.15, 0.2) is 6.29 Å². The van der Waals surface area contributed by atoms with E-state index in [0.717, 1.165) is 24.8 Å². The van der Waals surface area contributed by atoms with Gasteiger partial charge in [-0.05, 0) is 48.2 Å². The summed E-state index contributed by atoms with van der Waals surface area (Å²) in [5.41, 5.74) is 1.30. The van der Waals surface area contributed by atoms with Crippen LogP contribution in [0.25, 0.3) is 0 Å². The third-order valence-electron chi connectivity index (χ3n) is 4.29. The molecule has 2 aromatic rings. The highest BCUT2D eigenvalue weighted by molar-refractivity contribution is 5.90. The van der Waals surface area contributed by atoms with Crippen molar-refractivity contribution < 1.29 is 23.7 Å². The normalized spacial score (nSPS) is 16.4. The lowest BCUT2D eigenvalue weighted by molar-refractivity contribution is -0.165. The fourth-order valence-electron chi connectivity index (χ4n) is 2.81. The first kappa shape index (κ1) is 20.0. The van der Waals surface area contributed by atoms with Crippen LogP contribution in [0.15, 0.2) is 53.7 Å². The number of hydrogen-bond donors (Lipinski definition) is 0. The van der Waals surface area contributed by atoms with E-state index in [9.17, 15) is 9.70 Å². The number of benzene rings is 2. The lowest BCUT2D eigenvalue weighted by atomic mass is 10.2. The number of hydrogen-bond acceptors (Lipinski definition) is 7. The van der Waals surface area contributed by atoms with Gasteiger partial charge < -0.3 is 18.9 Å². The first-order valence-electron chi connectivity index (χ1n) is 9.31. The number of rotatable bonds is 9. The highest BCUT2D eigenvalue weighted by Crippen LogP contribution is 2.29. The molecule has 0 aliphatic carbocycles. The van der Waals surface area contributed by atoms with Crippen molar-refractivity contribution in [2.24, 2.45) is 5.18 Å². The van der Waals surface area contributed by atoms with Gasteiger partial charge in [-0.3, -0.25) is 0 Å². The van der Waals surface area contributed by atoms with Crippen molar-refractivity contribution >= 4 is 11.7 Å². The van der Waals surface area contributed by atoms with Crippen molar-refractivity contribution in [2.45, 2.75) is 32.2 Å². The van der Waals surface area contributed by atoms with Crippen LogP contribution in [0.5, 0.6) is 5.75 Å². The molecule has 1 saturated heterocycles. The Morgan fingerprint density at radius 1 is 1.11 bits per heavy atom. The molecule has 0 bridgehead atoms. The van der Waals surface area contributed by atoms with Gasteiger partial charge in [-0.2, -0.15) is 0 Å². The van der Waals surface area contributed by atoms with E-state index < -0.39 is 5.97 Å². The SMILES string of the molecule is O=Nc1ccc(C(=O)OCc2ccccc2)cc1OCCOC1CCCCO1. The minimum atomic E-state index is -0.502. The zero-order valence-corrected chi connectivity index (χ0v) is 15.5. The van der Waals surface area contributed by atoms with Crippen molar-refractivity contribution in [1.29, 1.82) is 0 Å². The molecule has 0 aromatic heterocycles. The van der Waals surface area contributed by atoms with Gasteiger partial charge in [0.05, 0.1) is 12.2 Å². The molecule has 0 radical (unpaired) electrons. The molecule has 1 unspecified atom stereocenters. The Balaban J connectivity index is 1.53. The Hall–Kier alpha value is -2.77. The smallest absolute Gasteiger partial charge is 0.338 e. The van der Waals surface area contributed by atoms with Crippen LogP contribution in [0.1, 0.15) is 35.2 Å². The fourth-order valence-corrected chi connectivity index (χ4v) is 2.81. The van der Waals surface area contributed by atoms with Gasteiger partial charge in [-0.1, -0.05) is 30.3 Å². The first-order chi connectivity index (χ1) is 13.8. The van der Waals surface area contributed by atoms with Crippen molar-refractivity contribution in [1.82, 2.24) is 0 Å². The number of nitrogens with zero attached hydrogens (tertiary/aromatic N) is 1. The van der Waals surface area contributed by atoms with Gasteiger partial charge in [0.2, 0.25) is 0 Å². The molecule has 3 rings (SSSR count). The van der Waals surface area contributed by atoms with Crippen molar-refractivity contribution in [3.8, 4) is 5.75 Å². The zero-order chi connectivity index (χ0) is 19.6. The predicted octanol–water partition coefficient (Wildman–Crippen LogP) is 4.36. The molecule has 1 atom stereocenters. The molecule has 0 saturated carbocycles. The first-order valence-corrected chi connectivity index (χ1v) is 9.31. The van der Waals surface area contributed by atoms with E-state index in [0.29, 0.717) is 13.2 Å². The fraction of sp³-hybridized carbons (Fsp3) is 0.381. The van der Waals surface area contributed by atoms with Crippen LogP contribution >= 0.6 is 0 Å². The van der Waals surface area contributed by atoms with Crippen molar-refractivity contribution in [3.63, 3.8) is 0 Å². The van der Waals surface area contributed by atoms with Crippen LogP contribution < -0.4 is 4.74 Å². The number of ether oxygens (including phenoxy) is 4. The summed E-state index contributed by atoms with van der Waals surface area (Å²) in [6, 6.07) is 13.8. The predicted molar refractivity (Wildman–Crippen MR) is 102 cm³/mol. The summed E-state index contributed by atoms with van der Waals surface area (Å²) in [4.78, 5) is 23.3. The van der Waals surface area contributed by atoms with Crippen molar-refractivity contribution in [3.05, 3.63) is 64.6 Å². The summed E-state index contributed by atoms with van der Waals surface area (Å²) in [6.07, 6.45) is 2.79. The second-order valence-corrected chi connectivity index (χ2v) is 6.35. The second-order valence-electron chi connectivity index (χ2n) is 6.35. The van der Waals surface area contributed by atoms with Gasteiger partial charge in [0, 0.05) is 6.61 Å². The summed E-state index contributed by atoms with van der Waals surface area (Å²) >= 11 is 0. The maximum Gasteiger partial charge on any atom is 0.338 e. The largest absolute Gasteiger partial charge is 0.489 e. The standard InChI is InChI=1S/C21H23NO6/c23-21(28-15-16-6-2-1-3-7-16)17-9-10-18(22-24)19(14-17)25-12-13-27-20-8-4-5-11-26-20/h1-3,6-7,9-10,14,20H,4-5,8,11-13,15H2. The van der Waals surface area contributed by atoms with Crippen molar-refractivity contribution in [2.75, 3.05) is 19.8 Å². The molecule has 0 amide bonds. The molecule has 7 heteroatoms. The van der Waals surface area contributed by atoms with Crippen LogP contribution in [0.3, 0.4) is 0 Å². The molecule has 1 heterocycles. The highest BCUT2D eigenvalue weighted by Gasteiger charge is 2.15. The summed E-state index contributed by atoms with van der Waals surface area (Å²) in [5, 5.41) is 2.94. The van der Waals surface area contributed by atoms with E-state index in [-0.39, 0.29) is 36.5 Å². The monoisotopic (exact) mass is 385 g/mol. The van der Waals surface area contributed by atoms with E-state index in [1.54, 1.807) is 0 Å². The van der Waals surface area contributed by atoms with Crippen LogP contribution in [0.2, 0.25) is 0 Å². The third-order valence-corrected chi connectivity index (χ3v) is 4.29. The maximum absolute atomic E-state index is 12.3. The molecule has 0 spiro atoms. The summed E-state index contributed by atoms with van der Waals surface area (Å²) in [7, 11) is 0. The molecule has 7 nitrogen and oxygen atoms in total. The van der Waals surface area contributed by atoms with Crippen LogP contribution in [0, 0.1) is 4.91 Å². The Labute approximate surface area is 163 Å². The van der Waals surface area contributed by atoms with Crippen LogP contribution in [-0.2, 0) is 20.8 Å². The van der Waals surface area contributed by atoms with E-state index in [1.807, 2.05) is 30.3 Å². The number of carbonyl (C=O) groups excluding carboxylic acids is 1. The molecule has 1 aliphatic heterocycles. The van der Waals surface area contributed by atoms with E-state index in [2.05, 4.69) is 5.18 Å². The lowest BCUT2D eigenvalue weighted by Crippen LogP contribution is -2.24. The zero-order valence-electron chi connectivity index (χ0n) is 15.5. The molecule has 1 aliphatic rings. The average Bonchev–Trinajstić information content (AvgIpc) is 2.76. The van der Waals surface area contributed by atoms with Crippen LogP contribution in [-0.4, -0.2) is 32.1 Å². The number of carbonyl (C=O) groups is 1. The molecular formula is C21H23NO6. The van der Waals surface area contributed by atoms with Gasteiger partial charge >= 0.3 is 5.97 Å². The lowest BCUT2D eigenvalue weighted by Gasteiger charge is -2.22. The summed E-state index contributed by atoms with van der Waals surface area (Å²) in [5.74, 6) is -0.282. The Morgan fingerprint density at radius 3 is 2.71 bits per heavy atom. The highest BCUT2D eigenvalue weighted by atomic mass is 16.7. The van der Waals surface area contributed by atoms with E-state index >= 15 is 0 Å². The Bertz CT molecular complexity index is 774. The Kier molecular flexibility index (Phi) is 7.52. The summed E-state index contributed by atoms with van der Waals surface area (Å²) < 4.78 is 22.0. The number of esters is 1. The average molecular weight is 385 g/mol. The maximum atomic E-state index is 12.3. The van der Waals surface area contributed by atoms with Gasteiger partial charge in [0.1, 0.15) is 24.7 Å². The molecular weight excluding hydrogens is 362 g/mol. The van der Waals surface area contributed by atoms with E-state index in [4.69, 9.17) is 18.9 Å². The van der Waals surface area contributed by atoms with Gasteiger partial charge in [0.25, 0.3) is 0 Å². The topological polar surface area (TPSA) is 83.4 Å². The molecule has 0 N–H and O–H groups in total. The quantitative estimate of drug-likeness (QED) is 0.362. The Morgan fingerprint density at radius 2 is 1.96 bits per heavy atom. The minimum Gasteiger partial charge on any atom is -0.489 e. The van der Waals surface area contributed by atoms with Gasteiger partial charge in [-0.15, -0.1) is 4.91 Å². The number of nitroso groups, excluding NO2 is 1. The summed E-state index contributed by atoms with van der Waals surface area (Å²) in [6.45, 7) is 1.40. The molecule has 2 aromatic carbocycles. The van der Waals surface area contributed by atoms with E-state index in [1.165, 1.54) is 18.2 Å². The van der Waals surface area contributed by atoms with Crippen LogP contribution in [0.4, 0.5) is 5.69 Å². The minimum absolute atomic E-state index is 0.119.